The number of aromatic amines is 1. The number of fused-ring (bicyclic) bond motifs is 1. The Bertz CT molecular complexity index is 762. The lowest BCUT2D eigenvalue weighted by molar-refractivity contribution is 0.342. The highest BCUT2D eigenvalue weighted by Crippen LogP contribution is 2.32. The van der Waals surface area contributed by atoms with E-state index in [0.29, 0.717) is 23.5 Å². The average Bonchev–Trinajstić information content (AvgIpc) is 3.03. The van der Waals surface area contributed by atoms with Crippen molar-refractivity contribution >= 4 is 26.6 Å². The molecule has 6 nitrogen and oxygen atoms in total. The van der Waals surface area contributed by atoms with Crippen LogP contribution in [0.25, 0.3) is 11.0 Å². The van der Waals surface area contributed by atoms with Crippen LogP contribution in [0.3, 0.4) is 0 Å². The summed E-state index contributed by atoms with van der Waals surface area (Å²) >= 11 is 0. The third-order valence-electron chi connectivity index (χ3n) is 5.00. The van der Waals surface area contributed by atoms with Gasteiger partial charge in [-0.05, 0) is 37.7 Å². The highest BCUT2D eigenvalue weighted by molar-refractivity contribution is 7.92. The molecule has 0 bridgehead atoms. The van der Waals surface area contributed by atoms with Crippen molar-refractivity contribution in [1.29, 1.82) is 4.78 Å². The van der Waals surface area contributed by atoms with Gasteiger partial charge >= 0.3 is 0 Å². The average molecular weight is 335 g/mol. The van der Waals surface area contributed by atoms with Crippen molar-refractivity contribution in [3.63, 3.8) is 0 Å². The maximum atomic E-state index is 12.0. The minimum atomic E-state index is -2.37. The first kappa shape index (κ1) is 16.2. The highest BCUT2D eigenvalue weighted by Gasteiger charge is 2.27. The van der Waals surface area contributed by atoms with Gasteiger partial charge in [0.05, 0.1) is 5.39 Å². The summed E-state index contributed by atoms with van der Waals surface area (Å²) in [6.45, 7) is 1.85. The van der Waals surface area contributed by atoms with Crippen LogP contribution in [0, 0.1) is 10.7 Å². The van der Waals surface area contributed by atoms with Crippen LogP contribution in [-0.4, -0.2) is 43.8 Å². The number of anilines is 1. The first-order valence-electron chi connectivity index (χ1n) is 8.25. The van der Waals surface area contributed by atoms with Gasteiger partial charge in [0.25, 0.3) is 0 Å². The number of hydrogen-bond donors (Lipinski definition) is 2. The maximum absolute atomic E-state index is 12.0. The molecule has 2 heterocycles. The van der Waals surface area contributed by atoms with E-state index in [-0.39, 0.29) is 0 Å². The Hall–Kier alpha value is -1.63. The molecule has 0 aliphatic heterocycles. The van der Waals surface area contributed by atoms with Gasteiger partial charge in [-0.15, -0.1) is 0 Å². The summed E-state index contributed by atoms with van der Waals surface area (Å²) in [5, 5.41) is 1.05. The van der Waals surface area contributed by atoms with E-state index in [2.05, 4.69) is 26.9 Å². The Labute approximate surface area is 137 Å². The van der Waals surface area contributed by atoms with E-state index in [0.717, 1.165) is 42.5 Å². The molecule has 126 valence electrons. The third kappa shape index (κ3) is 3.49. The molecule has 0 aromatic carbocycles. The van der Waals surface area contributed by atoms with E-state index in [9.17, 15) is 4.21 Å². The molecule has 1 atom stereocenters. The van der Waals surface area contributed by atoms with Crippen molar-refractivity contribution in [1.82, 2.24) is 15.0 Å². The molecule has 2 N–H and O–H groups in total. The first-order chi connectivity index (χ1) is 11.0. The van der Waals surface area contributed by atoms with Crippen LogP contribution in [-0.2, 0) is 9.73 Å². The van der Waals surface area contributed by atoms with E-state index in [1.165, 1.54) is 0 Å². The number of nitrogens with one attached hydrogen (secondary N) is 2. The Balaban J connectivity index is 1.67. The molecule has 2 aromatic heterocycles. The van der Waals surface area contributed by atoms with Gasteiger partial charge in [-0.1, -0.05) is 6.92 Å². The molecule has 1 saturated carbocycles. The summed E-state index contributed by atoms with van der Waals surface area (Å²) in [5.41, 5.74) is 0.868. The van der Waals surface area contributed by atoms with Gasteiger partial charge in [-0.2, -0.15) is 0 Å². The van der Waals surface area contributed by atoms with Gasteiger partial charge < -0.3 is 9.88 Å². The molecule has 3 rings (SSSR count). The fraction of sp³-hybridized carbons (Fsp3) is 0.625. The van der Waals surface area contributed by atoms with Gasteiger partial charge in [0.1, 0.15) is 17.8 Å². The molecule has 0 saturated heterocycles. The van der Waals surface area contributed by atoms with Gasteiger partial charge in [-0.25, -0.2) is 14.2 Å². The van der Waals surface area contributed by atoms with Gasteiger partial charge in [0.15, 0.2) is 0 Å². The van der Waals surface area contributed by atoms with Crippen molar-refractivity contribution in [3.05, 3.63) is 18.6 Å². The fourth-order valence-electron chi connectivity index (χ4n) is 3.51. The molecule has 0 radical (unpaired) electrons. The first-order valence-corrected chi connectivity index (χ1v) is 10.1. The summed E-state index contributed by atoms with van der Waals surface area (Å²) in [4.78, 5) is 14.1. The van der Waals surface area contributed by atoms with Crippen molar-refractivity contribution in [2.75, 3.05) is 23.5 Å². The molecule has 1 unspecified atom stereocenters. The quantitative estimate of drug-likeness (QED) is 0.879. The highest BCUT2D eigenvalue weighted by atomic mass is 32.2. The van der Waals surface area contributed by atoms with Crippen LogP contribution in [0.1, 0.15) is 32.6 Å². The molecule has 0 amide bonds. The van der Waals surface area contributed by atoms with E-state index in [1.807, 2.05) is 19.2 Å². The van der Waals surface area contributed by atoms with Crippen LogP contribution in [0.2, 0.25) is 0 Å². The number of H-pyrrole nitrogens is 1. The fourth-order valence-corrected chi connectivity index (χ4v) is 4.84. The normalized spacial score (nSPS) is 24.4. The Morgan fingerprint density at radius 1 is 1.35 bits per heavy atom. The molecular weight excluding hydrogens is 310 g/mol. The number of aromatic nitrogens is 3. The minimum Gasteiger partial charge on any atom is -0.356 e. The van der Waals surface area contributed by atoms with Gasteiger partial charge in [0.2, 0.25) is 0 Å². The Morgan fingerprint density at radius 3 is 2.78 bits per heavy atom. The second-order valence-electron chi connectivity index (χ2n) is 6.49. The molecule has 0 spiro atoms. The molecule has 7 heteroatoms. The molecular formula is C16H25N5OS. The zero-order chi connectivity index (χ0) is 16.4. The van der Waals surface area contributed by atoms with E-state index in [1.54, 1.807) is 6.33 Å². The topological polar surface area (TPSA) is 85.7 Å². The Kier molecular flexibility index (Phi) is 4.57. The number of nitrogens with zero attached hydrogens (tertiary/aromatic N) is 3. The van der Waals surface area contributed by atoms with Crippen molar-refractivity contribution < 1.29 is 4.21 Å². The van der Waals surface area contributed by atoms with Crippen LogP contribution in [0.15, 0.2) is 18.6 Å². The Morgan fingerprint density at radius 2 is 2.09 bits per heavy atom. The van der Waals surface area contributed by atoms with Crippen LogP contribution < -0.4 is 4.90 Å². The second kappa shape index (κ2) is 6.47. The smallest absolute Gasteiger partial charge is 0.142 e. The standard InChI is InChI=1S/C16H25N5OS/c1-3-23(17,22)10-12-4-6-13(7-5-12)21(2)16-14-8-9-18-15(14)19-11-20-16/h8-9,11-13,17H,3-7,10H2,1-2H3,(H,18,19,20)/t12-,13+,23?. The molecule has 2 aromatic rings. The van der Waals surface area contributed by atoms with Crippen molar-refractivity contribution in [2.24, 2.45) is 5.92 Å². The number of rotatable bonds is 5. The lowest BCUT2D eigenvalue weighted by Gasteiger charge is -2.35. The monoisotopic (exact) mass is 335 g/mol. The summed E-state index contributed by atoms with van der Waals surface area (Å²) in [6.07, 6.45) is 7.72. The zero-order valence-corrected chi connectivity index (χ0v) is 14.6. The van der Waals surface area contributed by atoms with Crippen LogP contribution >= 0.6 is 0 Å². The molecule has 1 aliphatic rings. The summed E-state index contributed by atoms with van der Waals surface area (Å²) in [6, 6.07) is 2.46. The van der Waals surface area contributed by atoms with Gasteiger partial charge in [-0.3, -0.25) is 4.78 Å². The molecule has 1 fully saturated rings. The predicted molar refractivity (Wildman–Crippen MR) is 94.3 cm³/mol. The molecule has 1 aliphatic carbocycles. The second-order valence-corrected chi connectivity index (χ2v) is 9.02. The van der Waals surface area contributed by atoms with Crippen molar-refractivity contribution in [2.45, 2.75) is 38.6 Å². The van der Waals surface area contributed by atoms with E-state index in [4.69, 9.17) is 4.78 Å². The maximum Gasteiger partial charge on any atom is 0.142 e. The van der Waals surface area contributed by atoms with E-state index >= 15 is 0 Å². The largest absolute Gasteiger partial charge is 0.356 e. The predicted octanol–water partition coefficient (Wildman–Crippen LogP) is 3.02. The molecule has 23 heavy (non-hydrogen) atoms. The summed E-state index contributed by atoms with van der Waals surface area (Å²) in [5.74, 6) is 2.44. The van der Waals surface area contributed by atoms with E-state index < -0.39 is 9.73 Å². The number of hydrogen-bond acceptors (Lipinski definition) is 5. The lowest BCUT2D eigenvalue weighted by Crippen LogP contribution is -2.37. The SMILES string of the molecule is CCS(=N)(=O)C[C@H]1CC[C@@H](N(C)c2ncnc3[nH]ccc23)CC1. The van der Waals surface area contributed by atoms with Crippen LogP contribution in [0.5, 0.6) is 0 Å². The lowest BCUT2D eigenvalue weighted by atomic mass is 9.86. The minimum absolute atomic E-state index is 0.433. The summed E-state index contributed by atoms with van der Waals surface area (Å²) < 4.78 is 19.9. The van der Waals surface area contributed by atoms with Gasteiger partial charge in [0, 0.05) is 40.5 Å². The third-order valence-corrected chi connectivity index (χ3v) is 6.94. The van der Waals surface area contributed by atoms with Crippen molar-refractivity contribution in [3.8, 4) is 0 Å². The van der Waals surface area contributed by atoms with Crippen LogP contribution in [0.4, 0.5) is 5.82 Å². The summed E-state index contributed by atoms with van der Waals surface area (Å²) in [7, 11) is -0.272. The zero-order valence-electron chi connectivity index (χ0n) is 13.8.